The Morgan fingerprint density at radius 3 is 2.70 bits per heavy atom. The van der Waals surface area contributed by atoms with Gasteiger partial charge in [0.15, 0.2) is 0 Å². The molecule has 1 aromatic carbocycles. The van der Waals surface area contributed by atoms with Gasteiger partial charge in [-0.15, -0.1) is 0 Å². The van der Waals surface area contributed by atoms with E-state index in [0.717, 1.165) is 35.4 Å². The largest absolute Gasteiger partial charge is 0.494 e. The van der Waals surface area contributed by atoms with Crippen molar-refractivity contribution in [2.75, 3.05) is 31.6 Å². The maximum Gasteiger partial charge on any atom is 0.253 e. The van der Waals surface area contributed by atoms with Gasteiger partial charge in [-0.25, -0.2) is 0 Å². The molecule has 3 aromatic rings. The summed E-state index contributed by atoms with van der Waals surface area (Å²) in [7, 11) is 1.81. The van der Waals surface area contributed by atoms with Crippen LogP contribution in [0.4, 0.5) is 5.69 Å². The summed E-state index contributed by atoms with van der Waals surface area (Å²) in [5.41, 5.74) is 3.80. The van der Waals surface area contributed by atoms with E-state index in [1.54, 1.807) is 42.7 Å². The predicted octanol–water partition coefficient (Wildman–Crippen LogP) is 3.54. The Labute approximate surface area is 194 Å². The smallest absolute Gasteiger partial charge is 0.253 e. The number of amides is 2. The van der Waals surface area contributed by atoms with Gasteiger partial charge in [-0.2, -0.15) is 0 Å². The summed E-state index contributed by atoms with van der Waals surface area (Å²) in [6, 6.07) is 13.3. The lowest BCUT2D eigenvalue weighted by Crippen LogP contribution is -2.34. The maximum absolute atomic E-state index is 13.1. The molecule has 33 heavy (non-hydrogen) atoms. The van der Waals surface area contributed by atoms with Crippen LogP contribution < -0.4 is 9.64 Å². The van der Waals surface area contributed by atoms with Crippen LogP contribution in [0.1, 0.15) is 34.3 Å². The molecule has 1 aliphatic rings. The van der Waals surface area contributed by atoms with E-state index in [1.165, 1.54) is 0 Å². The van der Waals surface area contributed by atoms with E-state index in [2.05, 4.69) is 9.97 Å². The molecular weight excluding hydrogens is 416 g/mol. The average Bonchev–Trinajstić information content (AvgIpc) is 2.86. The summed E-state index contributed by atoms with van der Waals surface area (Å²) >= 11 is 0. The van der Waals surface area contributed by atoms with E-state index in [0.29, 0.717) is 38.1 Å². The van der Waals surface area contributed by atoms with E-state index in [9.17, 15) is 9.59 Å². The summed E-state index contributed by atoms with van der Waals surface area (Å²) in [5, 5.41) is 0. The third-order valence-corrected chi connectivity index (χ3v) is 5.84. The van der Waals surface area contributed by atoms with E-state index in [4.69, 9.17) is 4.74 Å². The van der Waals surface area contributed by atoms with Crippen LogP contribution in [0.2, 0.25) is 0 Å². The molecule has 0 bridgehead atoms. The van der Waals surface area contributed by atoms with Gasteiger partial charge in [0.25, 0.3) is 5.91 Å². The van der Waals surface area contributed by atoms with Crippen LogP contribution in [0, 0.1) is 0 Å². The molecule has 1 aliphatic heterocycles. The molecule has 0 unspecified atom stereocenters. The minimum Gasteiger partial charge on any atom is -0.494 e. The normalized spacial score (nSPS) is 12.9. The van der Waals surface area contributed by atoms with E-state index < -0.39 is 0 Å². The van der Waals surface area contributed by atoms with Gasteiger partial charge >= 0.3 is 0 Å². The Bertz CT molecular complexity index is 1090. The molecule has 0 atom stereocenters. The van der Waals surface area contributed by atoms with E-state index in [-0.39, 0.29) is 11.8 Å². The van der Waals surface area contributed by atoms with Crippen molar-refractivity contribution in [1.29, 1.82) is 0 Å². The highest BCUT2D eigenvalue weighted by Crippen LogP contribution is 2.30. The number of aryl methyl sites for hydroxylation is 1. The second-order valence-corrected chi connectivity index (χ2v) is 8.08. The summed E-state index contributed by atoms with van der Waals surface area (Å²) in [6.45, 7) is 1.69. The molecule has 0 fully saturated rings. The van der Waals surface area contributed by atoms with Gasteiger partial charge in [-0.05, 0) is 66.8 Å². The zero-order valence-corrected chi connectivity index (χ0v) is 18.8. The number of hydrogen-bond acceptors (Lipinski definition) is 5. The fraction of sp³-hybridized carbons (Fsp3) is 0.308. The Hall–Kier alpha value is -3.74. The lowest BCUT2D eigenvalue weighted by molar-refractivity contribution is -0.118. The van der Waals surface area contributed by atoms with Gasteiger partial charge in [0.2, 0.25) is 5.91 Å². The second-order valence-electron chi connectivity index (χ2n) is 8.08. The van der Waals surface area contributed by atoms with Crippen LogP contribution in [-0.4, -0.2) is 53.4 Å². The third-order valence-electron chi connectivity index (χ3n) is 5.84. The molecular formula is C26H28N4O3. The number of aromatic nitrogens is 2. The van der Waals surface area contributed by atoms with Gasteiger partial charge in [-0.1, -0.05) is 6.07 Å². The van der Waals surface area contributed by atoms with Crippen molar-refractivity contribution in [3.63, 3.8) is 0 Å². The highest BCUT2D eigenvalue weighted by molar-refractivity contribution is 5.96. The Morgan fingerprint density at radius 2 is 1.91 bits per heavy atom. The number of fused-ring (bicyclic) bond motifs is 1. The molecule has 0 N–H and O–H groups in total. The lowest BCUT2D eigenvalue weighted by Gasteiger charge is -2.26. The molecule has 0 aliphatic carbocycles. The molecule has 2 amide bonds. The number of benzene rings is 1. The number of carbonyl (C=O) groups is 2. The van der Waals surface area contributed by atoms with Crippen molar-refractivity contribution >= 4 is 17.5 Å². The van der Waals surface area contributed by atoms with Crippen molar-refractivity contribution in [3.05, 3.63) is 83.9 Å². The van der Waals surface area contributed by atoms with Crippen LogP contribution in [0.25, 0.3) is 0 Å². The molecule has 0 saturated carbocycles. The number of pyridine rings is 2. The number of hydrogen-bond donors (Lipinski definition) is 0. The fourth-order valence-corrected chi connectivity index (χ4v) is 3.97. The highest BCUT2D eigenvalue weighted by Gasteiger charge is 2.21. The second kappa shape index (κ2) is 10.7. The van der Waals surface area contributed by atoms with Gasteiger partial charge in [0.1, 0.15) is 5.75 Å². The molecule has 0 saturated heterocycles. The molecule has 170 valence electrons. The summed E-state index contributed by atoms with van der Waals surface area (Å²) < 4.78 is 5.97. The first-order valence-corrected chi connectivity index (χ1v) is 11.2. The van der Waals surface area contributed by atoms with Gasteiger partial charge in [-0.3, -0.25) is 19.6 Å². The van der Waals surface area contributed by atoms with Crippen molar-refractivity contribution in [2.45, 2.75) is 25.7 Å². The van der Waals surface area contributed by atoms with Crippen LogP contribution in [0.15, 0.2) is 67.3 Å². The number of carbonyl (C=O) groups excluding carboxylic acids is 2. The zero-order valence-electron chi connectivity index (χ0n) is 18.8. The first-order valence-electron chi connectivity index (χ1n) is 11.2. The standard InChI is InChI=1S/C26H28N4O3/c1-29-24-7-6-23(18-22(24)5-8-25(29)31)33-17-3-15-30(16-11-20-4-2-12-28-19-20)26(32)21-9-13-27-14-10-21/h2,4,6-7,9-10,12-14,18-19H,3,5,8,11,15-17H2,1H3. The van der Waals surface area contributed by atoms with Gasteiger partial charge < -0.3 is 14.5 Å². The quantitative estimate of drug-likeness (QED) is 0.472. The number of rotatable bonds is 9. The first-order chi connectivity index (χ1) is 16.1. The predicted molar refractivity (Wildman–Crippen MR) is 126 cm³/mol. The Balaban J connectivity index is 1.34. The van der Waals surface area contributed by atoms with Gasteiger partial charge in [0, 0.05) is 62.6 Å². The van der Waals surface area contributed by atoms with Crippen molar-refractivity contribution in [2.24, 2.45) is 0 Å². The summed E-state index contributed by atoms with van der Waals surface area (Å²) in [4.78, 5) is 36.7. The molecule has 2 aromatic heterocycles. The van der Waals surface area contributed by atoms with Crippen molar-refractivity contribution in [1.82, 2.24) is 14.9 Å². The van der Waals surface area contributed by atoms with Crippen molar-refractivity contribution < 1.29 is 14.3 Å². The third kappa shape index (κ3) is 5.74. The number of nitrogens with zero attached hydrogens (tertiary/aromatic N) is 4. The van der Waals surface area contributed by atoms with E-state index in [1.807, 2.05) is 41.4 Å². The Kier molecular flexibility index (Phi) is 7.29. The minimum absolute atomic E-state index is 0.0113. The highest BCUT2D eigenvalue weighted by atomic mass is 16.5. The fourth-order valence-electron chi connectivity index (χ4n) is 3.97. The van der Waals surface area contributed by atoms with E-state index >= 15 is 0 Å². The topological polar surface area (TPSA) is 75.6 Å². The summed E-state index contributed by atoms with van der Waals surface area (Å²) in [5.74, 6) is 0.919. The Morgan fingerprint density at radius 1 is 1.06 bits per heavy atom. The maximum atomic E-state index is 13.1. The molecule has 3 heterocycles. The monoisotopic (exact) mass is 444 g/mol. The van der Waals surface area contributed by atoms with Crippen LogP contribution >= 0.6 is 0 Å². The summed E-state index contributed by atoms with van der Waals surface area (Å²) in [6.07, 6.45) is 9.56. The molecule has 7 heteroatoms. The SMILES string of the molecule is CN1C(=O)CCc2cc(OCCCN(CCc3cccnc3)C(=O)c3ccncc3)ccc21. The lowest BCUT2D eigenvalue weighted by atomic mass is 10.0. The zero-order chi connectivity index (χ0) is 23.0. The minimum atomic E-state index is -0.0113. The molecule has 7 nitrogen and oxygen atoms in total. The van der Waals surface area contributed by atoms with Crippen molar-refractivity contribution in [3.8, 4) is 5.75 Å². The average molecular weight is 445 g/mol. The molecule has 0 spiro atoms. The molecule has 0 radical (unpaired) electrons. The van der Waals surface area contributed by atoms with Crippen LogP contribution in [0.5, 0.6) is 5.75 Å². The van der Waals surface area contributed by atoms with Crippen LogP contribution in [-0.2, 0) is 17.6 Å². The molecule has 4 rings (SSSR count). The first kappa shape index (κ1) is 22.5. The number of anilines is 1. The van der Waals surface area contributed by atoms with Crippen LogP contribution in [0.3, 0.4) is 0 Å². The van der Waals surface area contributed by atoms with Gasteiger partial charge in [0.05, 0.1) is 6.61 Å². The number of ether oxygens (including phenoxy) is 1.